The number of aliphatic hydroxyl groups excluding tert-OH is 1. The molecule has 3 aromatic rings. The SMILES string of the molecule is CC(C)CCNc1ncc(-c2cnc3ccc(NC4CCN(CCO)CC4)nn23)cn1. The van der Waals surface area contributed by atoms with Crippen LogP contribution in [0, 0.1) is 5.92 Å². The van der Waals surface area contributed by atoms with Gasteiger partial charge in [-0.25, -0.2) is 19.5 Å². The minimum absolute atomic E-state index is 0.221. The quantitative estimate of drug-likeness (QED) is 0.481. The Morgan fingerprint density at radius 2 is 1.87 bits per heavy atom. The van der Waals surface area contributed by atoms with Gasteiger partial charge < -0.3 is 20.6 Å². The molecule has 9 nitrogen and oxygen atoms in total. The number of aromatic nitrogens is 5. The molecule has 0 unspecified atom stereocenters. The van der Waals surface area contributed by atoms with Crippen molar-refractivity contribution in [2.75, 3.05) is 43.4 Å². The van der Waals surface area contributed by atoms with Crippen molar-refractivity contribution in [1.29, 1.82) is 0 Å². The fraction of sp³-hybridized carbons (Fsp3) is 0.545. The second-order valence-corrected chi connectivity index (χ2v) is 8.52. The zero-order valence-corrected chi connectivity index (χ0v) is 18.3. The second-order valence-electron chi connectivity index (χ2n) is 8.52. The number of nitrogens with zero attached hydrogens (tertiary/aromatic N) is 6. The van der Waals surface area contributed by atoms with Crippen LogP contribution >= 0.6 is 0 Å². The normalized spacial score (nSPS) is 15.6. The predicted molar refractivity (Wildman–Crippen MR) is 122 cm³/mol. The van der Waals surface area contributed by atoms with E-state index in [0.29, 0.717) is 17.9 Å². The van der Waals surface area contributed by atoms with E-state index < -0.39 is 0 Å². The van der Waals surface area contributed by atoms with Crippen molar-refractivity contribution in [3.05, 3.63) is 30.7 Å². The lowest BCUT2D eigenvalue weighted by molar-refractivity contribution is 0.168. The maximum Gasteiger partial charge on any atom is 0.222 e. The number of nitrogens with one attached hydrogen (secondary N) is 2. The summed E-state index contributed by atoms with van der Waals surface area (Å²) in [4.78, 5) is 15.7. The van der Waals surface area contributed by atoms with Gasteiger partial charge in [0.15, 0.2) is 5.65 Å². The molecule has 31 heavy (non-hydrogen) atoms. The van der Waals surface area contributed by atoms with E-state index in [-0.39, 0.29) is 6.61 Å². The molecule has 9 heteroatoms. The molecule has 0 aromatic carbocycles. The fourth-order valence-electron chi connectivity index (χ4n) is 3.82. The van der Waals surface area contributed by atoms with Crippen LogP contribution in [-0.4, -0.2) is 73.4 Å². The minimum Gasteiger partial charge on any atom is -0.395 e. The third kappa shape index (κ3) is 5.48. The van der Waals surface area contributed by atoms with Gasteiger partial charge >= 0.3 is 0 Å². The van der Waals surface area contributed by atoms with E-state index in [4.69, 9.17) is 10.2 Å². The monoisotopic (exact) mass is 424 g/mol. The molecule has 0 spiro atoms. The highest BCUT2D eigenvalue weighted by molar-refractivity contribution is 5.62. The summed E-state index contributed by atoms with van der Waals surface area (Å²) < 4.78 is 1.84. The molecule has 4 rings (SSSR count). The van der Waals surface area contributed by atoms with Crippen molar-refractivity contribution in [3.8, 4) is 11.3 Å². The summed E-state index contributed by atoms with van der Waals surface area (Å²) >= 11 is 0. The van der Waals surface area contributed by atoms with Crippen LogP contribution in [0.15, 0.2) is 30.7 Å². The number of imidazole rings is 1. The molecule has 0 aliphatic carbocycles. The molecular weight excluding hydrogens is 392 g/mol. The van der Waals surface area contributed by atoms with Crippen molar-refractivity contribution in [3.63, 3.8) is 0 Å². The van der Waals surface area contributed by atoms with Gasteiger partial charge in [0, 0.05) is 50.2 Å². The van der Waals surface area contributed by atoms with E-state index in [9.17, 15) is 0 Å². The topological polar surface area (TPSA) is 104 Å². The summed E-state index contributed by atoms with van der Waals surface area (Å²) in [7, 11) is 0. The highest BCUT2D eigenvalue weighted by Crippen LogP contribution is 2.21. The van der Waals surface area contributed by atoms with Crippen LogP contribution in [0.2, 0.25) is 0 Å². The molecule has 0 bridgehead atoms. The number of likely N-dealkylation sites (tertiary alicyclic amines) is 1. The molecule has 1 saturated heterocycles. The molecule has 0 atom stereocenters. The molecule has 3 N–H and O–H groups in total. The number of fused-ring (bicyclic) bond motifs is 1. The molecule has 3 aromatic heterocycles. The number of aliphatic hydroxyl groups is 1. The zero-order chi connectivity index (χ0) is 21.6. The van der Waals surface area contributed by atoms with Crippen LogP contribution in [0.1, 0.15) is 33.1 Å². The Bertz CT molecular complexity index is 963. The van der Waals surface area contributed by atoms with Gasteiger partial charge in [0.25, 0.3) is 0 Å². The summed E-state index contributed by atoms with van der Waals surface area (Å²) in [6.45, 7) is 8.22. The second kappa shape index (κ2) is 10.0. The van der Waals surface area contributed by atoms with Gasteiger partial charge in [-0.15, -0.1) is 5.10 Å². The number of hydrogen-bond donors (Lipinski definition) is 3. The number of β-amino-alcohol motifs (C(OH)–C–C–N with tert-alkyl or cyclic N) is 1. The van der Waals surface area contributed by atoms with Crippen LogP contribution in [-0.2, 0) is 0 Å². The molecule has 166 valence electrons. The Morgan fingerprint density at radius 3 is 2.58 bits per heavy atom. The first-order valence-electron chi connectivity index (χ1n) is 11.1. The van der Waals surface area contributed by atoms with E-state index in [2.05, 4.69) is 44.3 Å². The maximum atomic E-state index is 9.10. The lowest BCUT2D eigenvalue weighted by Gasteiger charge is -2.32. The Balaban J connectivity index is 1.43. The first-order valence-corrected chi connectivity index (χ1v) is 11.1. The summed E-state index contributed by atoms with van der Waals surface area (Å²) in [5.41, 5.74) is 2.53. The standard InChI is InChI=1S/C22H32N8O/c1-16(2)5-8-23-22-25-13-17(14-26-22)19-15-24-21-4-3-20(28-30(19)21)27-18-6-9-29(10-7-18)11-12-31/h3-4,13-16,18,31H,5-12H2,1-2H3,(H,27,28)(H,23,25,26). The maximum absolute atomic E-state index is 9.10. The van der Waals surface area contributed by atoms with Crippen LogP contribution in [0.25, 0.3) is 16.9 Å². The number of hydrogen-bond acceptors (Lipinski definition) is 8. The lowest BCUT2D eigenvalue weighted by atomic mass is 10.1. The third-order valence-electron chi connectivity index (χ3n) is 5.67. The average molecular weight is 425 g/mol. The van der Waals surface area contributed by atoms with Gasteiger partial charge in [-0.1, -0.05) is 13.8 Å². The molecule has 1 fully saturated rings. The summed E-state index contributed by atoms with van der Waals surface area (Å²) in [5.74, 6) is 2.12. The first kappa shape index (κ1) is 21.5. The molecule has 0 amide bonds. The van der Waals surface area contributed by atoms with Crippen molar-refractivity contribution in [2.45, 2.75) is 39.2 Å². The predicted octanol–water partition coefficient (Wildman–Crippen LogP) is 2.51. The van der Waals surface area contributed by atoms with Crippen LogP contribution in [0.4, 0.5) is 11.8 Å². The fourth-order valence-corrected chi connectivity index (χ4v) is 3.82. The molecule has 1 aliphatic heterocycles. The van der Waals surface area contributed by atoms with Gasteiger partial charge in [-0.2, -0.15) is 0 Å². The van der Waals surface area contributed by atoms with Gasteiger partial charge in [0.2, 0.25) is 5.95 Å². The molecule has 0 saturated carbocycles. The summed E-state index contributed by atoms with van der Waals surface area (Å²) in [6, 6.07) is 4.33. The third-order valence-corrected chi connectivity index (χ3v) is 5.67. The van der Waals surface area contributed by atoms with Gasteiger partial charge in [-0.05, 0) is 37.3 Å². The van der Waals surface area contributed by atoms with Crippen LogP contribution in [0.3, 0.4) is 0 Å². The molecule has 4 heterocycles. The van der Waals surface area contributed by atoms with Gasteiger partial charge in [0.05, 0.1) is 18.5 Å². The Labute approximate surface area is 182 Å². The van der Waals surface area contributed by atoms with E-state index in [0.717, 1.165) is 68.2 Å². The van der Waals surface area contributed by atoms with E-state index in [1.807, 2.05) is 35.2 Å². The minimum atomic E-state index is 0.221. The average Bonchev–Trinajstić information content (AvgIpc) is 3.19. The number of rotatable bonds is 9. The van der Waals surface area contributed by atoms with Crippen LogP contribution < -0.4 is 10.6 Å². The summed E-state index contributed by atoms with van der Waals surface area (Å²) in [5, 5.41) is 20.7. The van der Waals surface area contributed by atoms with Crippen molar-refractivity contribution in [2.24, 2.45) is 5.92 Å². The van der Waals surface area contributed by atoms with Crippen molar-refractivity contribution < 1.29 is 5.11 Å². The molecule has 0 radical (unpaired) electrons. The smallest absolute Gasteiger partial charge is 0.222 e. The van der Waals surface area contributed by atoms with E-state index >= 15 is 0 Å². The molecular formula is C22H32N8O. The Kier molecular flexibility index (Phi) is 6.93. The van der Waals surface area contributed by atoms with E-state index in [1.54, 1.807) is 0 Å². The Morgan fingerprint density at radius 1 is 1.10 bits per heavy atom. The number of piperidine rings is 1. The Hall–Kier alpha value is -2.78. The largest absolute Gasteiger partial charge is 0.395 e. The zero-order valence-electron chi connectivity index (χ0n) is 18.3. The van der Waals surface area contributed by atoms with Gasteiger partial charge in [-0.3, -0.25) is 0 Å². The first-order chi connectivity index (χ1) is 15.1. The highest BCUT2D eigenvalue weighted by Gasteiger charge is 2.19. The molecule has 1 aliphatic rings. The van der Waals surface area contributed by atoms with Gasteiger partial charge in [0.1, 0.15) is 5.82 Å². The summed E-state index contributed by atoms with van der Waals surface area (Å²) in [6.07, 6.45) is 8.59. The van der Waals surface area contributed by atoms with Crippen molar-refractivity contribution >= 4 is 17.4 Å². The highest BCUT2D eigenvalue weighted by atomic mass is 16.3. The van der Waals surface area contributed by atoms with E-state index in [1.165, 1.54) is 0 Å². The number of anilines is 2. The van der Waals surface area contributed by atoms with Crippen molar-refractivity contribution in [1.82, 2.24) is 29.5 Å². The lowest BCUT2D eigenvalue weighted by Crippen LogP contribution is -2.40. The van der Waals surface area contributed by atoms with Crippen LogP contribution in [0.5, 0.6) is 0 Å².